The van der Waals surface area contributed by atoms with E-state index < -0.39 is 11.6 Å². The lowest BCUT2D eigenvalue weighted by Gasteiger charge is -2.28. The molecule has 2 aliphatic rings. The Kier molecular flexibility index (Phi) is 6.06. The fraction of sp³-hybridized carbons (Fsp3) is 0.259. The first-order chi connectivity index (χ1) is 16.0. The molecular formula is C27H23F3O3. The summed E-state index contributed by atoms with van der Waals surface area (Å²) >= 11 is 0. The highest BCUT2D eigenvalue weighted by Crippen LogP contribution is 2.36. The van der Waals surface area contributed by atoms with E-state index in [2.05, 4.69) is 0 Å². The zero-order valence-electron chi connectivity index (χ0n) is 18.1. The molecule has 3 aromatic carbocycles. The van der Waals surface area contributed by atoms with Crippen molar-refractivity contribution in [1.29, 1.82) is 0 Å². The zero-order valence-corrected chi connectivity index (χ0v) is 18.1. The monoisotopic (exact) mass is 452 g/mol. The van der Waals surface area contributed by atoms with Crippen LogP contribution in [0.15, 0.2) is 66.7 Å². The minimum Gasteiger partial charge on any atom is -0.368 e. The number of halogens is 3. The summed E-state index contributed by atoms with van der Waals surface area (Å²) in [6.45, 7) is 3.07. The average Bonchev–Trinajstić information content (AvgIpc) is 3.67. The van der Waals surface area contributed by atoms with Crippen LogP contribution in [-0.2, 0) is 14.2 Å². The van der Waals surface area contributed by atoms with Gasteiger partial charge < -0.3 is 14.2 Å². The second kappa shape index (κ2) is 9.14. The lowest BCUT2D eigenvalue weighted by molar-refractivity contribution is -0.159. The molecule has 5 rings (SSSR count). The number of benzene rings is 3. The molecule has 2 saturated heterocycles. The number of rotatable bonds is 5. The smallest absolute Gasteiger partial charge is 0.176 e. The summed E-state index contributed by atoms with van der Waals surface area (Å²) in [5.74, 6) is -2.27. The maximum absolute atomic E-state index is 14.9. The first-order valence-electron chi connectivity index (χ1n) is 10.9. The van der Waals surface area contributed by atoms with E-state index >= 15 is 0 Å². The Morgan fingerprint density at radius 3 is 2.00 bits per heavy atom. The Morgan fingerprint density at radius 1 is 0.727 bits per heavy atom. The molecule has 33 heavy (non-hydrogen) atoms. The van der Waals surface area contributed by atoms with Gasteiger partial charge in [0.05, 0.1) is 19.8 Å². The second-order valence-corrected chi connectivity index (χ2v) is 8.22. The molecule has 0 radical (unpaired) electrons. The fourth-order valence-corrected chi connectivity index (χ4v) is 4.11. The molecule has 3 aromatic rings. The van der Waals surface area contributed by atoms with E-state index in [9.17, 15) is 13.2 Å². The van der Waals surface area contributed by atoms with Crippen molar-refractivity contribution in [3.05, 3.63) is 95.3 Å². The summed E-state index contributed by atoms with van der Waals surface area (Å²) in [4.78, 5) is 0. The molecule has 2 fully saturated rings. The maximum Gasteiger partial charge on any atom is 0.176 e. The van der Waals surface area contributed by atoms with Crippen LogP contribution in [0.3, 0.4) is 0 Å². The predicted octanol–water partition coefficient (Wildman–Crippen LogP) is 6.54. The summed E-state index contributed by atoms with van der Waals surface area (Å²) in [7, 11) is 0. The van der Waals surface area contributed by atoms with Crippen molar-refractivity contribution in [2.24, 2.45) is 0 Å². The number of ether oxygens (including phenoxy) is 3. The van der Waals surface area contributed by atoms with Gasteiger partial charge in [0, 0.05) is 17.0 Å². The van der Waals surface area contributed by atoms with Gasteiger partial charge in [0.15, 0.2) is 17.9 Å². The quantitative estimate of drug-likeness (QED) is 0.325. The van der Waals surface area contributed by atoms with Crippen molar-refractivity contribution in [2.75, 3.05) is 19.8 Å². The Bertz CT molecular complexity index is 1180. The van der Waals surface area contributed by atoms with Gasteiger partial charge >= 0.3 is 0 Å². The number of allylic oxidation sites excluding steroid dienone is 1. The van der Waals surface area contributed by atoms with Gasteiger partial charge in [-0.1, -0.05) is 54.6 Å². The van der Waals surface area contributed by atoms with Crippen LogP contribution >= 0.6 is 0 Å². The molecule has 0 aliphatic carbocycles. The van der Waals surface area contributed by atoms with Crippen molar-refractivity contribution in [3.63, 3.8) is 0 Å². The highest BCUT2D eigenvalue weighted by Gasteiger charge is 2.30. The number of epoxide rings is 1. The zero-order chi connectivity index (χ0) is 22.9. The van der Waals surface area contributed by atoms with E-state index in [4.69, 9.17) is 14.2 Å². The fourth-order valence-electron chi connectivity index (χ4n) is 4.11. The highest BCUT2D eigenvalue weighted by molar-refractivity contribution is 5.71. The predicted molar refractivity (Wildman–Crippen MR) is 119 cm³/mol. The molecule has 0 saturated carbocycles. The molecule has 6 heteroatoms. The molecule has 1 unspecified atom stereocenters. The van der Waals surface area contributed by atoms with Crippen molar-refractivity contribution in [1.82, 2.24) is 0 Å². The highest BCUT2D eigenvalue weighted by atomic mass is 19.2. The Labute approximate surface area is 190 Å². The van der Waals surface area contributed by atoms with Crippen LogP contribution in [0, 0.1) is 17.5 Å². The van der Waals surface area contributed by atoms with Crippen LogP contribution in [0.5, 0.6) is 0 Å². The maximum atomic E-state index is 14.9. The molecule has 170 valence electrons. The third kappa shape index (κ3) is 4.47. The largest absolute Gasteiger partial charge is 0.368 e. The molecule has 1 atom stereocenters. The third-order valence-electron chi connectivity index (χ3n) is 6.03. The van der Waals surface area contributed by atoms with E-state index in [0.717, 1.165) is 5.56 Å². The second-order valence-electron chi connectivity index (χ2n) is 8.22. The van der Waals surface area contributed by atoms with E-state index in [1.165, 1.54) is 6.07 Å². The average molecular weight is 452 g/mol. The van der Waals surface area contributed by atoms with Crippen LogP contribution < -0.4 is 0 Å². The molecule has 0 aromatic heterocycles. The molecule has 3 nitrogen and oxygen atoms in total. The van der Waals surface area contributed by atoms with Gasteiger partial charge in [-0.3, -0.25) is 0 Å². The lowest BCUT2D eigenvalue weighted by Crippen LogP contribution is -2.29. The van der Waals surface area contributed by atoms with Gasteiger partial charge in [-0.15, -0.1) is 0 Å². The van der Waals surface area contributed by atoms with Crippen LogP contribution in [0.4, 0.5) is 13.2 Å². The van der Waals surface area contributed by atoms with Gasteiger partial charge in [-0.2, -0.15) is 0 Å². The Hall–Kier alpha value is -2.93. The lowest BCUT2D eigenvalue weighted by atomic mass is 9.95. The van der Waals surface area contributed by atoms with Crippen LogP contribution in [0.1, 0.15) is 30.1 Å². The number of hydrogen-bond donors (Lipinski definition) is 0. The van der Waals surface area contributed by atoms with E-state index in [-0.39, 0.29) is 35.3 Å². The molecule has 0 spiro atoms. The SMILES string of the molecule is C/C=C/C1OCC(c2ccc(-c3ccc(-c4ccc(C5CO5)c(F)c4F)cc3)cc2F)CO1. The van der Waals surface area contributed by atoms with Gasteiger partial charge in [0.2, 0.25) is 0 Å². The van der Waals surface area contributed by atoms with Crippen molar-refractivity contribution in [2.45, 2.75) is 25.2 Å². The van der Waals surface area contributed by atoms with E-state index in [1.54, 1.807) is 42.5 Å². The summed E-state index contributed by atoms with van der Waals surface area (Å²) in [6.07, 6.45) is 2.93. The summed E-state index contributed by atoms with van der Waals surface area (Å²) in [6, 6.07) is 15.2. The molecule has 2 heterocycles. The van der Waals surface area contributed by atoms with Crippen LogP contribution in [-0.4, -0.2) is 26.1 Å². The summed E-state index contributed by atoms with van der Waals surface area (Å²) in [5, 5.41) is 0. The van der Waals surface area contributed by atoms with Crippen molar-refractivity contribution in [3.8, 4) is 22.3 Å². The molecule has 0 amide bonds. The number of hydrogen-bond acceptors (Lipinski definition) is 3. The summed E-state index contributed by atoms with van der Waals surface area (Å²) in [5.41, 5.74) is 2.99. The Balaban J connectivity index is 1.34. The van der Waals surface area contributed by atoms with E-state index in [0.29, 0.717) is 36.5 Å². The molecular weight excluding hydrogens is 429 g/mol. The normalized spacial score (nSPS) is 22.6. The van der Waals surface area contributed by atoms with Crippen LogP contribution in [0.25, 0.3) is 22.3 Å². The van der Waals surface area contributed by atoms with E-state index in [1.807, 2.05) is 25.1 Å². The van der Waals surface area contributed by atoms with Crippen LogP contribution in [0.2, 0.25) is 0 Å². The topological polar surface area (TPSA) is 31.0 Å². The van der Waals surface area contributed by atoms with Crippen molar-refractivity contribution >= 4 is 0 Å². The Morgan fingerprint density at radius 2 is 1.36 bits per heavy atom. The van der Waals surface area contributed by atoms with Gasteiger partial charge in [0.25, 0.3) is 0 Å². The molecule has 2 aliphatic heterocycles. The molecule has 0 bridgehead atoms. The summed E-state index contributed by atoms with van der Waals surface area (Å²) < 4.78 is 60.1. The van der Waals surface area contributed by atoms with Gasteiger partial charge in [-0.05, 0) is 41.3 Å². The third-order valence-corrected chi connectivity index (χ3v) is 6.03. The first kappa shape index (κ1) is 21.9. The van der Waals surface area contributed by atoms with Crippen molar-refractivity contribution < 1.29 is 27.4 Å². The van der Waals surface area contributed by atoms with Gasteiger partial charge in [-0.25, -0.2) is 13.2 Å². The standard InChI is InChI=1S/C27H23F3O3/c1-2-3-25-32-13-19(14-33-25)20-9-8-18(12-23(20)28)16-4-6-17(7-5-16)21-10-11-22(24-15-31-24)27(30)26(21)29/h2-12,19,24-25H,13-15H2,1H3/b3-2+. The minimum atomic E-state index is -0.889. The minimum absolute atomic E-state index is 0.176. The molecule has 0 N–H and O–H groups in total. The first-order valence-corrected chi connectivity index (χ1v) is 10.9. The van der Waals surface area contributed by atoms with Gasteiger partial charge in [0.1, 0.15) is 11.9 Å².